The van der Waals surface area contributed by atoms with E-state index >= 15 is 0 Å². The van der Waals surface area contributed by atoms with Crippen molar-refractivity contribution >= 4 is 5.91 Å². The van der Waals surface area contributed by atoms with Gasteiger partial charge in [-0.2, -0.15) is 0 Å². The van der Waals surface area contributed by atoms with Gasteiger partial charge in [-0.25, -0.2) is 0 Å². The number of aromatic hydroxyl groups is 1. The smallest absolute Gasteiger partial charge is 0.227 e. The summed E-state index contributed by atoms with van der Waals surface area (Å²) < 4.78 is 0. The summed E-state index contributed by atoms with van der Waals surface area (Å²) in [5.41, 5.74) is 0.698. The lowest BCUT2D eigenvalue weighted by Crippen LogP contribution is -2.48. The van der Waals surface area contributed by atoms with E-state index in [0.717, 1.165) is 31.5 Å². The third-order valence-electron chi connectivity index (χ3n) is 3.53. The van der Waals surface area contributed by atoms with Gasteiger partial charge in [-0.05, 0) is 44.0 Å². The molecule has 1 aliphatic heterocycles. The SMILES string of the molecule is CC1(C(=O)NCc2ccc(O)cc2)CCCNC1. The fourth-order valence-electron chi connectivity index (χ4n) is 2.26. The summed E-state index contributed by atoms with van der Waals surface area (Å²) in [5.74, 6) is 0.344. The van der Waals surface area contributed by atoms with Crippen LogP contribution in [0, 0.1) is 5.41 Å². The average Bonchev–Trinajstić information content (AvgIpc) is 2.38. The molecule has 4 heteroatoms. The zero-order chi connectivity index (χ0) is 13.0. The molecule has 0 aromatic heterocycles. The predicted octanol–water partition coefficient (Wildman–Crippen LogP) is 1.40. The number of carbonyl (C=O) groups excluding carboxylic acids is 1. The van der Waals surface area contributed by atoms with Crippen molar-refractivity contribution in [1.82, 2.24) is 10.6 Å². The molecule has 3 N–H and O–H groups in total. The second-order valence-corrected chi connectivity index (χ2v) is 5.19. The molecule has 0 aliphatic carbocycles. The molecule has 2 rings (SSSR count). The summed E-state index contributed by atoms with van der Waals surface area (Å²) in [5, 5.41) is 15.4. The Morgan fingerprint density at radius 3 is 2.78 bits per heavy atom. The van der Waals surface area contributed by atoms with Crippen LogP contribution in [-0.4, -0.2) is 24.1 Å². The molecule has 4 nitrogen and oxygen atoms in total. The minimum atomic E-state index is -0.296. The summed E-state index contributed by atoms with van der Waals surface area (Å²) in [6, 6.07) is 6.89. The number of carbonyl (C=O) groups is 1. The minimum Gasteiger partial charge on any atom is -0.508 e. The van der Waals surface area contributed by atoms with Crippen molar-refractivity contribution in [2.24, 2.45) is 5.41 Å². The molecule has 0 saturated carbocycles. The number of hydrogen-bond acceptors (Lipinski definition) is 3. The first-order chi connectivity index (χ1) is 8.60. The normalized spacial score (nSPS) is 23.6. The van der Waals surface area contributed by atoms with Crippen LogP contribution >= 0.6 is 0 Å². The topological polar surface area (TPSA) is 61.4 Å². The lowest BCUT2D eigenvalue weighted by atomic mass is 9.82. The third kappa shape index (κ3) is 3.01. The van der Waals surface area contributed by atoms with E-state index in [4.69, 9.17) is 0 Å². The van der Waals surface area contributed by atoms with Gasteiger partial charge in [0.15, 0.2) is 0 Å². The predicted molar refractivity (Wildman–Crippen MR) is 70.2 cm³/mol. The van der Waals surface area contributed by atoms with Crippen LogP contribution in [0.2, 0.25) is 0 Å². The summed E-state index contributed by atoms with van der Waals surface area (Å²) in [4.78, 5) is 12.2. The van der Waals surface area contributed by atoms with E-state index in [1.165, 1.54) is 0 Å². The third-order valence-corrected chi connectivity index (χ3v) is 3.53. The van der Waals surface area contributed by atoms with Gasteiger partial charge in [0, 0.05) is 13.1 Å². The zero-order valence-electron chi connectivity index (χ0n) is 10.7. The first-order valence-corrected chi connectivity index (χ1v) is 6.37. The molecule has 1 unspecified atom stereocenters. The van der Waals surface area contributed by atoms with Crippen LogP contribution in [0.3, 0.4) is 0 Å². The number of amides is 1. The number of piperidine rings is 1. The Kier molecular flexibility index (Phi) is 3.87. The molecule has 0 spiro atoms. The Labute approximate surface area is 107 Å². The number of benzene rings is 1. The highest BCUT2D eigenvalue weighted by Crippen LogP contribution is 2.25. The largest absolute Gasteiger partial charge is 0.508 e. The molecule has 0 bridgehead atoms. The summed E-state index contributed by atoms with van der Waals surface area (Å²) >= 11 is 0. The lowest BCUT2D eigenvalue weighted by Gasteiger charge is -2.32. The van der Waals surface area contributed by atoms with Crippen LogP contribution in [0.25, 0.3) is 0 Å². The van der Waals surface area contributed by atoms with Crippen molar-refractivity contribution in [2.45, 2.75) is 26.3 Å². The maximum atomic E-state index is 12.2. The van der Waals surface area contributed by atoms with E-state index in [-0.39, 0.29) is 17.1 Å². The van der Waals surface area contributed by atoms with Crippen LogP contribution < -0.4 is 10.6 Å². The first kappa shape index (κ1) is 12.9. The van der Waals surface area contributed by atoms with Crippen molar-refractivity contribution in [3.05, 3.63) is 29.8 Å². The molecule has 1 amide bonds. The van der Waals surface area contributed by atoms with Crippen LogP contribution in [-0.2, 0) is 11.3 Å². The van der Waals surface area contributed by atoms with Gasteiger partial charge >= 0.3 is 0 Å². The summed E-state index contributed by atoms with van der Waals surface area (Å²) in [7, 11) is 0. The number of hydrogen-bond donors (Lipinski definition) is 3. The van der Waals surface area contributed by atoms with E-state index < -0.39 is 0 Å². The second kappa shape index (κ2) is 5.40. The van der Waals surface area contributed by atoms with Crippen LogP contribution in [0.5, 0.6) is 5.75 Å². The number of nitrogens with one attached hydrogen (secondary N) is 2. The monoisotopic (exact) mass is 248 g/mol. The molecule has 1 atom stereocenters. The lowest BCUT2D eigenvalue weighted by molar-refractivity contribution is -0.131. The van der Waals surface area contributed by atoms with Crippen molar-refractivity contribution in [3.8, 4) is 5.75 Å². The van der Waals surface area contributed by atoms with Crippen LogP contribution in [0.15, 0.2) is 24.3 Å². The van der Waals surface area contributed by atoms with Crippen molar-refractivity contribution in [1.29, 1.82) is 0 Å². The summed E-state index contributed by atoms with van der Waals surface area (Å²) in [6.45, 7) is 4.26. The Morgan fingerprint density at radius 2 is 2.17 bits per heavy atom. The molecule has 18 heavy (non-hydrogen) atoms. The van der Waals surface area contributed by atoms with E-state index in [9.17, 15) is 9.90 Å². The van der Waals surface area contributed by atoms with Gasteiger partial charge in [0.25, 0.3) is 0 Å². The van der Waals surface area contributed by atoms with Crippen LogP contribution in [0.4, 0.5) is 0 Å². The van der Waals surface area contributed by atoms with Gasteiger partial charge in [-0.1, -0.05) is 12.1 Å². The fraction of sp³-hybridized carbons (Fsp3) is 0.500. The molecule has 1 aromatic carbocycles. The second-order valence-electron chi connectivity index (χ2n) is 5.19. The Hall–Kier alpha value is -1.55. The minimum absolute atomic E-state index is 0.0998. The molecular weight excluding hydrogens is 228 g/mol. The standard InChI is InChI=1S/C14H20N2O2/c1-14(7-2-8-15-10-14)13(18)16-9-11-3-5-12(17)6-4-11/h3-6,15,17H,2,7-10H2,1H3,(H,16,18). The Morgan fingerprint density at radius 1 is 1.44 bits per heavy atom. The quantitative estimate of drug-likeness (QED) is 0.757. The molecule has 98 valence electrons. The molecule has 1 heterocycles. The number of phenols is 1. The average molecular weight is 248 g/mol. The van der Waals surface area contributed by atoms with E-state index in [1.807, 2.05) is 19.1 Å². The van der Waals surface area contributed by atoms with Gasteiger partial charge < -0.3 is 15.7 Å². The van der Waals surface area contributed by atoms with Crippen molar-refractivity contribution in [2.75, 3.05) is 13.1 Å². The number of rotatable bonds is 3. The maximum absolute atomic E-state index is 12.2. The van der Waals surface area contributed by atoms with E-state index in [2.05, 4.69) is 10.6 Å². The first-order valence-electron chi connectivity index (χ1n) is 6.37. The van der Waals surface area contributed by atoms with Gasteiger partial charge in [0.05, 0.1) is 5.41 Å². The molecule has 0 radical (unpaired) electrons. The maximum Gasteiger partial charge on any atom is 0.227 e. The molecular formula is C14H20N2O2. The zero-order valence-corrected chi connectivity index (χ0v) is 10.7. The van der Waals surface area contributed by atoms with Gasteiger partial charge in [-0.15, -0.1) is 0 Å². The Bertz CT molecular complexity index is 408. The van der Waals surface area contributed by atoms with Gasteiger partial charge in [0.2, 0.25) is 5.91 Å². The highest BCUT2D eigenvalue weighted by molar-refractivity contribution is 5.82. The van der Waals surface area contributed by atoms with Gasteiger partial charge in [-0.3, -0.25) is 4.79 Å². The van der Waals surface area contributed by atoms with Crippen molar-refractivity contribution < 1.29 is 9.90 Å². The van der Waals surface area contributed by atoms with Crippen molar-refractivity contribution in [3.63, 3.8) is 0 Å². The molecule has 1 aliphatic rings. The number of phenolic OH excluding ortho intramolecular Hbond substituents is 1. The fourth-order valence-corrected chi connectivity index (χ4v) is 2.26. The van der Waals surface area contributed by atoms with E-state index in [1.54, 1.807) is 12.1 Å². The van der Waals surface area contributed by atoms with Gasteiger partial charge in [0.1, 0.15) is 5.75 Å². The highest BCUT2D eigenvalue weighted by Gasteiger charge is 2.34. The Balaban J connectivity index is 1.89. The van der Waals surface area contributed by atoms with E-state index in [0.29, 0.717) is 6.54 Å². The molecule has 1 aromatic rings. The highest BCUT2D eigenvalue weighted by atomic mass is 16.3. The van der Waals surface area contributed by atoms with Crippen LogP contribution in [0.1, 0.15) is 25.3 Å². The summed E-state index contributed by atoms with van der Waals surface area (Å²) in [6.07, 6.45) is 1.98. The molecule has 1 saturated heterocycles. The molecule has 1 fully saturated rings.